The highest BCUT2D eigenvalue weighted by molar-refractivity contribution is 14.0. The van der Waals surface area contributed by atoms with Gasteiger partial charge in [0.05, 0.1) is 14.2 Å². The van der Waals surface area contributed by atoms with Crippen molar-refractivity contribution in [1.82, 2.24) is 15.5 Å². The van der Waals surface area contributed by atoms with Crippen molar-refractivity contribution in [2.24, 2.45) is 16.8 Å². The normalized spacial score (nSPS) is 17.4. The fourth-order valence-electron chi connectivity index (χ4n) is 3.91. The number of methoxy groups -OCH3 is 2. The van der Waals surface area contributed by atoms with Crippen LogP contribution in [-0.2, 0) is 6.42 Å². The third-order valence-corrected chi connectivity index (χ3v) is 5.23. The van der Waals surface area contributed by atoms with Gasteiger partial charge in [-0.2, -0.15) is 0 Å². The van der Waals surface area contributed by atoms with Crippen LogP contribution in [-0.4, -0.2) is 64.3 Å². The maximum Gasteiger partial charge on any atom is 0.191 e. The molecule has 1 saturated heterocycles. The number of benzene rings is 1. The molecular weight excluding hydrogens is 491 g/mol. The van der Waals surface area contributed by atoms with E-state index < -0.39 is 0 Å². The molecule has 1 unspecified atom stereocenters. The van der Waals surface area contributed by atoms with Crippen molar-refractivity contribution in [3.8, 4) is 11.5 Å². The fraction of sp³-hybridized carbons (Fsp3) is 0.696. The van der Waals surface area contributed by atoms with Crippen LogP contribution in [0.1, 0.15) is 39.2 Å². The third kappa shape index (κ3) is 9.29. The second-order valence-electron chi connectivity index (χ2n) is 8.25. The molecule has 0 radical (unpaired) electrons. The Morgan fingerprint density at radius 1 is 1.20 bits per heavy atom. The van der Waals surface area contributed by atoms with Crippen molar-refractivity contribution in [2.45, 2.75) is 40.0 Å². The molecule has 1 aromatic rings. The van der Waals surface area contributed by atoms with Crippen molar-refractivity contribution < 1.29 is 9.47 Å². The first-order chi connectivity index (χ1) is 14.0. The van der Waals surface area contributed by atoms with Crippen molar-refractivity contribution in [1.29, 1.82) is 0 Å². The predicted octanol–water partition coefficient (Wildman–Crippen LogP) is 3.79. The van der Waals surface area contributed by atoms with E-state index in [0.717, 1.165) is 49.4 Å². The van der Waals surface area contributed by atoms with E-state index in [0.29, 0.717) is 5.92 Å². The number of nitrogens with one attached hydrogen (secondary N) is 2. The van der Waals surface area contributed by atoms with Crippen LogP contribution in [0, 0.1) is 11.8 Å². The topological polar surface area (TPSA) is 58.1 Å². The monoisotopic (exact) mass is 532 g/mol. The van der Waals surface area contributed by atoms with Crippen LogP contribution >= 0.6 is 24.0 Å². The first-order valence-corrected chi connectivity index (χ1v) is 11.0. The molecule has 1 aliphatic rings. The van der Waals surface area contributed by atoms with E-state index in [1.807, 2.05) is 12.1 Å². The highest BCUT2D eigenvalue weighted by Crippen LogP contribution is 2.27. The predicted molar refractivity (Wildman–Crippen MR) is 137 cm³/mol. The summed E-state index contributed by atoms with van der Waals surface area (Å²) in [7, 11) is 3.33. The van der Waals surface area contributed by atoms with Gasteiger partial charge in [0, 0.05) is 32.7 Å². The highest BCUT2D eigenvalue weighted by Gasteiger charge is 2.20. The molecule has 0 spiro atoms. The van der Waals surface area contributed by atoms with E-state index >= 15 is 0 Å². The Bertz CT molecular complexity index is 640. The number of piperidine rings is 1. The van der Waals surface area contributed by atoms with Gasteiger partial charge in [-0.25, -0.2) is 0 Å². The Morgan fingerprint density at radius 3 is 2.63 bits per heavy atom. The Kier molecular flexibility index (Phi) is 13.2. The average molecular weight is 533 g/mol. The van der Waals surface area contributed by atoms with Crippen molar-refractivity contribution in [3.05, 3.63) is 23.8 Å². The molecule has 0 aromatic heterocycles. The van der Waals surface area contributed by atoms with Gasteiger partial charge in [0.2, 0.25) is 0 Å². The summed E-state index contributed by atoms with van der Waals surface area (Å²) in [5.41, 5.74) is 1.21. The first-order valence-electron chi connectivity index (χ1n) is 11.0. The van der Waals surface area contributed by atoms with E-state index in [2.05, 4.69) is 42.4 Å². The van der Waals surface area contributed by atoms with Gasteiger partial charge in [-0.15, -0.1) is 24.0 Å². The van der Waals surface area contributed by atoms with Crippen LogP contribution in [0.4, 0.5) is 0 Å². The second-order valence-corrected chi connectivity index (χ2v) is 8.25. The van der Waals surface area contributed by atoms with Crippen LogP contribution in [0.3, 0.4) is 0 Å². The summed E-state index contributed by atoms with van der Waals surface area (Å²) in [5.74, 6) is 3.83. The van der Waals surface area contributed by atoms with Crippen LogP contribution in [0.15, 0.2) is 23.2 Å². The van der Waals surface area contributed by atoms with Gasteiger partial charge in [-0.05, 0) is 62.3 Å². The second kappa shape index (κ2) is 14.7. The lowest BCUT2D eigenvalue weighted by Crippen LogP contribution is -2.41. The molecule has 2 rings (SSSR count). The van der Waals surface area contributed by atoms with Crippen molar-refractivity contribution in [3.63, 3.8) is 0 Å². The van der Waals surface area contributed by atoms with E-state index in [4.69, 9.17) is 14.5 Å². The molecule has 172 valence electrons. The van der Waals surface area contributed by atoms with Crippen molar-refractivity contribution in [2.75, 3.05) is 53.5 Å². The molecule has 1 atom stereocenters. The molecule has 0 aliphatic carbocycles. The number of guanidine groups is 1. The van der Waals surface area contributed by atoms with Crippen LogP contribution in [0.5, 0.6) is 11.5 Å². The first kappa shape index (κ1) is 26.8. The number of hydrogen-bond donors (Lipinski definition) is 2. The van der Waals surface area contributed by atoms with Gasteiger partial charge in [-0.3, -0.25) is 4.99 Å². The Labute approximate surface area is 200 Å². The third-order valence-electron chi connectivity index (χ3n) is 5.23. The minimum atomic E-state index is 0. The van der Waals surface area contributed by atoms with Gasteiger partial charge in [-0.1, -0.05) is 19.9 Å². The number of halogens is 1. The largest absolute Gasteiger partial charge is 0.493 e. The lowest BCUT2D eigenvalue weighted by atomic mass is 9.97. The molecule has 1 aromatic carbocycles. The molecule has 7 heteroatoms. The van der Waals surface area contributed by atoms with Gasteiger partial charge < -0.3 is 25.0 Å². The SMILES string of the molecule is CCNC(=NCC1CCCN(CC(C)C)C1)NCCc1ccc(OC)c(OC)c1.I. The van der Waals surface area contributed by atoms with E-state index in [-0.39, 0.29) is 24.0 Å². The van der Waals surface area contributed by atoms with Gasteiger partial charge in [0.25, 0.3) is 0 Å². The minimum absolute atomic E-state index is 0. The molecule has 2 N–H and O–H groups in total. The molecule has 0 amide bonds. The van der Waals surface area contributed by atoms with E-state index in [1.165, 1.54) is 38.0 Å². The van der Waals surface area contributed by atoms with Crippen LogP contribution in [0.25, 0.3) is 0 Å². The summed E-state index contributed by atoms with van der Waals surface area (Å²) in [5, 5.41) is 6.84. The average Bonchev–Trinajstić information content (AvgIpc) is 2.71. The summed E-state index contributed by atoms with van der Waals surface area (Å²) >= 11 is 0. The zero-order valence-electron chi connectivity index (χ0n) is 19.4. The number of likely N-dealkylation sites (tertiary alicyclic amines) is 1. The maximum atomic E-state index is 5.40. The minimum Gasteiger partial charge on any atom is -0.493 e. The summed E-state index contributed by atoms with van der Waals surface area (Å²) in [4.78, 5) is 7.47. The highest BCUT2D eigenvalue weighted by atomic mass is 127. The summed E-state index contributed by atoms with van der Waals surface area (Å²) in [6.45, 7) is 12.9. The van der Waals surface area contributed by atoms with Crippen molar-refractivity contribution >= 4 is 29.9 Å². The summed E-state index contributed by atoms with van der Waals surface area (Å²) in [6.07, 6.45) is 3.47. The maximum absolute atomic E-state index is 5.40. The van der Waals surface area contributed by atoms with Crippen LogP contribution in [0.2, 0.25) is 0 Å². The number of hydrogen-bond acceptors (Lipinski definition) is 4. The van der Waals surface area contributed by atoms with Crippen LogP contribution < -0.4 is 20.1 Å². The Hall–Kier alpha value is -1.22. The number of rotatable bonds is 10. The van der Waals surface area contributed by atoms with E-state index in [1.54, 1.807) is 14.2 Å². The zero-order chi connectivity index (χ0) is 21.1. The number of aliphatic imine (C=N–C) groups is 1. The lowest BCUT2D eigenvalue weighted by molar-refractivity contribution is 0.162. The quantitative estimate of drug-likeness (QED) is 0.273. The Morgan fingerprint density at radius 2 is 1.97 bits per heavy atom. The smallest absolute Gasteiger partial charge is 0.191 e. The molecule has 30 heavy (non-hydrogen) atoms. The number of ether oxygens (including phenoxy) is 2. The van der Waals surface area contributed by atoms with Gasteiger partial charge in [0.15, 0.2) is 17.5 Å². The fourth-order valence-corrected chi connectivity index (χ4v) is 3.91. The number of nitrogens with zero attached hydrogens (tertiary/aromatic N) is 2. The lowest BCUT2D eigenvalue weighted by Gasteiger charge is -2.33. The summed E-state index contributed by atoms with van der Waals surface area (Å²) in [6, 6.07) is 6.08. The molecule has 1 heterocycles. The molecule has 6 nitrogen and oxygen atoms in total. The van der Waals surface area contributed by atoms with Gasteiger partial charge >= 0.3 is 0 Å². The summed E-state index contributed by atoms with van der Waals surface area (Å²) < 4.78 is 10.7. The molecule has 0 bridgehead atoms. The molecule has 1 fully saturated rings. The molecule has 0 saturated carbocycles. The Balaban J connectivity index is 0.00000450. The van der Waals surface area contributed by atoms with Gasteiger partial charge in [0.1, 0.15) is 0 Å². The zero-order valence-corrected chi connectivity index (χ0v) is 21.7. The molecule has 1 aliphatic heterocycles. The standard InChI is InChI=1S/C23H40N4O2.HI/c1-6-24-23(26-15-20-8-7-13-27(17-20)16-18(2)3)25-12-11-19-9-10-21(28-4)22(14-19)29-5;/h9-10,14,18,20H,6-8,11-13,15-17H2,1-5H3,(H2,24,25,26);1H. The van der Waals surface area contributed by atoms with E-state index in [9.17, 15) is 0 Å². The molecular formula is C23H41IN4O2.